The Morgan fingerprint density at radius 3 is 2.39 bits per heavy atom. The number of nitrogens with zero attached hydrogens (tertiary/aromatic N) is 2. The quantitative estimate of drug-likeness (QED) is 0.390. The molecule has 1 aliphatic rings. The Balaban J connectivity index is 1.85. The summed E-state index contributed by atoms with van der Waals surface area (Å²) in [6, 6.07) is 7.15. The summed E-state index contributed by atoms with van der Waals surface area (Å²) in [5.74, 6) is -6.53. The smallest absolute Gasteiger partial charge is 0.477 e. The number of carbonyl (C=O) groups is 3. The fourth-order valence-corrected chi connectivity index (χ4v) is 4.35. The molecule has 2 aromatic heterocycles. The van der Waals surface area contributed by atoms with E-state index in [2.05, 4.69) is 14.6 Å². The molecule has 4 rings (SSSR count). The minimum Gasteiger partial charge on any atom is -0.477 e. The third-order valence-electron chi connectivity index (χ3n) is 6.27. The number of rotatable bonds is 6. The fraction of sp³-hybridized carbons (Fsp3) is 0.333. The van der Waals surface area contributed by atoms with Gasteiger partial charge in [-0.05, 0) is 55.3 Å². The molecule has 0 saturated carbocycles. The van der Waals surface area contributed by atoms with Crippen LogP contribution in [-0.4, -0.2) is 56.7 Å². The zero-order chi connectivity index (χ0) is 26.4. The third kappa shape index (κ3) is 4.51. The predicted molar refractivity (Wildman–Crippen MR) is 122 cm³/mol. The van der Waals surface area contributed by atoms with Crippen LogP contribution in [0.5, 0.6) is 0 Å². The fourth-order valence-electron chi connectivity index (χ4n) is 4.35. The van der Waals surface area contributed by atoms with E-state index in [9.17, 15) is 37.5 Å². The van der Waals surface area contributed by atoms with E-state index in [4.69, 9.17) is 0 Å². The van der Waals surface area contributed by atoms with Crippen LogP contribution in [0.15, 0.2) is 29.1 Å². The van der Waals surface area contributed by atoms with Crippen molar-refractivity contribution in [1.29, 1.82) is 0 Å². The number of alkyl halides is 3. The number of likely N-dealkylation sites (tertiary alicyclic amines) is 1. The lowest BCUT2D eigenvalue weighted by atomic mass is 9.94. The average Bonchev–Trinajstić information content (AvgIpc) is 3.09. The van der Waals surface area contributed by atoms with Gasteiger partial charge in [-0.2, -0.15) is 13.2 Å². The first kappa shape index (κ1) is 25.2. The van der Waals surface area contributed by atoms with Crippen LogP contribution in [0.4, 0.5) is 13.2 Å². The van der Waals surface area contributed by atoms with E-state index in [1.807, 2.05) is 17.7 Å². The first-order valence-corrected chi connectivity index (χ1v) is 11.1. The summed E-state index contributed by atoms with van der Waals surface area (Å²) < 4.78 is 43.9. The lowest BCUT2D eigenvalue weighted by Crippen LogP contribution is -2.36. The van der Waals surface area contributed by atoms with Gasteiger partial charge in [0.05, 0.1) is 11.3 Å². The van der Waals surface area contributed by atoms with Crippen LogP contribution >= 0.6 is 0 Å². The molecule has 36 heavy (non-hydrogen) atoms. The molecule has 1 saturated heterocycles. The van der Waals surface area contributed by atoms with E-state index in [-0.39, 0.29) is 17.7 Å². The topological polar surface area (TPSA) is 122 Å². The largest absolute Gasteiger partial charge is 0.491 e. The predicted octanol–water partition coefficient (Wildman–Crippen LogP) is 3.25. The molecular weight excluding hydrogens is 483 g/mol. The normalized spacial score (nSPS) is 14.0. The summed E-state index contributed by atoms with van der Waals surface area (Å²) in [6.45, 7) is 4.31. The van der Waals surface area contributed by atoms with Gasteiger partial charge in [0.1, 0.15) is 5.56 Å². The van der Waals surface area contributed by atoms with E-state index in [1.54, 1.807) is 18.2 Å². The summed E-state index contributed by atoms with van der Waals surface area (Å²) in [7, 11) is 1.92. The molecule has 3 heterocycles. The van der Waals surface area contributed by atoms with Gasteiger partial charge in [0.25, 0.3) is 5.56 Å². The summed E-state index contributed by atoms with van der Waals surface area (Å²) in [6.07, 6.45) is -4.39. The van der Waals surface area contributed by atoms with Crippen LogP contribution in [0.25, 0.3) is 22.2 Å². The van der Waals surface area contributed by atoms with E-state index >= 15 is 0 Å². The molecule has 0 amide bonds. The Morgan fingerprint density at radius 2 is 1.83 bits per heavy atom. The molecule has 9 nitrogen and oxygen atoms in total. The van der Waals surface area contributed by atoms with Crippen molar-refractivity contribution < 1.29 is 37.4 Å². The van der Waals surface area contributed by atoms with Crippen molar-refractivity contribution in [3.63, 3.8) is 0 Å². The number of aromatic nitrogens is 2. The molecule has 3 aromatic rings. The second-order valence-corrected chi connectivity index (χ2v) is 8.49. The highest BCUT2D eigenvalue weighted by Crippen LogP contribution is 2.31. The van der Waals surface area contributed by atoms with Crippen molar-refractivity contribution in [2.75, 3.05) is 13.1 Å². The first-order valence-electron chi connectivity index (χ1n) is 11.1. The number of carboxylic acids is 1. The molecule has 1 aliphatic heterocycles. The number of aryl methyl sites for hydroxylation is 1. The van der Waals surface area contributed by atoms with Crippen molar-refractivity contribution in [3.8, 4) is 11.3 Å². The maximum atomic E-state index is 12.7. The molecule has 1 aromatic carbocycles. The number of hydrogen-bond acceptors (Lipinski definition) is 6. The van der Waals surface area contributed by atoms with Gasteiger partial charge in [-0.1, -0.05) is 13.0 Å². The van der Waals surface area contributed by atoms with Crippen LogP contribution in [0.3, 0.4) is 0 Å². The number of pyridine rings is 1. The van der Waals surface area contributed by atoms with Gasteiger partial charge in [-0.15, -0.1) is 0 Å². The van der Waals surface area contributed by atoms with E-state index in [0.717, 1.165) is 42.7 Å². The number of ether oxygens (including phenoxy) is 1. The lowest BCUT2D eigenvalue weighted by molar-refractivity contribution is -0.193. The Kier molecular flexibility index (Phi) is 6.48. The molecule has 0 radical (unpaired) electrons. The van der Waals surface area contributed by atoms with Crippen molar-refractivity contribution in [2.24, 2.45) is 7.05 Å². The monoisotopic (exact) mass is 505 g/mol. The maximum Gasteiger partial charge on any atom is 0.491 e. The van der Waals surface area contributed by atoms with Gasteiger partial charge in [0, 0.05) is 30.2 Å². The number of fused-ring (bicyclic) bond motifs is 1. The highest BCUT2D eigenvalue weighted by molar-refractivity contribution is 6.07. The van der Waals surface area contributed by atoms with Crippen LogP contribution in [0.1, 0.15) is 45.3 Å². The zero-order valence-corrected chi connectivity index (χ0v) is 19.4. The van der Waals surface area contributed by atoms with Crippen molar-refractivity contribution in [3.05, 3.63) is 57.0 Å². The number of hydrogen-bond donors (Lipinski definition) is 2. The number of carboxylic acid groups (broad SMARTS) is 1. The number of H-pyrrole nitrogens is 1. The van der Waals surface area contributed by atoms with Gasteiger partial charge in [0.2, 0.25) is 0 Å². The Morgan fingerprint density at radius 1 is 1.14 bits per heavy atom. The maximum absolute atomic E-state index is 12.7. The van der Waals surface area contributed by atoms with Crippen molar-refractivity contribution >= 4 is 28.8 Å². The van der Waals surface area contributed by atoms with Gasteiger partial charge < -0.3 is 19.4 Å². The van der Waals surface area contributed by atoms with Crippen LogP contribution in [0, 0.1) is 0 Å². The molecule has 190 valence electrons. The van der Waals surface area contributed by atoms with Gasteiger partial charge in [0.15, 0.2) is 0 Å². The van der Waals surface area contributed by atoms with E-state index in [1.165, 1.54) is 6.92 Å². The van der Waals surface area contributed by atoms with E-state index in [0.29, 0.717) is 5.56 Å². The van der Waals surface area contributed by atoms with Crippen molar-refractivity contribution in [2.45, 2.75) is 32.5 Å². The van der Waals surface area contributed by atoms with Crippen LogP contribution < -0.4 is 5.56 Å². The molecular formula is C24H22F3N3O6. The molecule has 0 unspecified atom stereocenters. The number of benzene rings is 1. The highest BCUT2D eigenvalue weighted by Gasteiger charge is 2.43. The number of halogens is 3. The molecule has 0 bridgehead atoms. The molecule has 2 N–H and O–H groups in total. The Labute approximate surface area is 202 Å². The van der Waals surface area contributed by atoms with Crippen molar-refractivity contribution in [1.82, 2.24) is 14.5 Å². The SMILES string of the molecule is CCc1c(-c2ccc3c(c2)cc(CN2CCC2)n3C)[nH]c(=O)c(C(=O)O)c1C(=O)OC(=O)C(F)(F)F. The van der Waals surface area contributed by atoms with Gasteiger partial charge in [-0.3, -0.25) is 9.69 Å². The highest BCUT2D eigenvalue weighted by atomic mass is 19.4. The second kappa shape index (κ2) is 9.26. The number of carbonyl (C=O) groups excluding carboxylic acids is 2. The van der Waals surface area contributed by atoms with Gasteiger partial charge in [-0.25, -0.2) is 14.4 Å². The number of aromatic carboxylic acids is 1. The Bertz CT molecular complexity index is 1450. The number of aromatic amines is 1. The minimum absolute atomic E-state index is 0.0500. The van der Waals surface area contributed by atoms with Crippen LogP contribution in [-0.2, 0) is 29.5 Å². The summed E-state index contributed by atoms with van der Waals surface area (Å²) in [5, 5.41) is 10.3. The molecule has 0 spiro atoms. The van der Waals surface area contributed by atoms with Gasteiger partial charge >= 0.3 is 24.1 Å². The lowest BCUT2D eigenvalue weighted by Gasteiger charge is -2.30. The summed E-state index contributed by atoms with van der Waals surface area (Å²) in [4.78, 5) is 52.9. The number of esters is 2. The molecule has 12 heteroatoms. The van der Waals surface area contributed by atoms with E-state index < -0.39 is 40.8 Å². The molecule has 1 fully saturated rings. The Hall–Kier alpha value is -3.93. The van der Waals surface area contributed by atoms with Crippen LogP contribution in [0.2, 0.25) is 0 Å². The summed E-state index contributed by atoms with van der Waals surface area (Å²) >= 11 is 0. The second-order valence-electron chi connectivity index (χ2n) is 8.49. The number of nitrogens with one attached hydrogen (secondary N) is 1. The first-order chi connectivity index (χ1) is 16.9. The molecule has 0 atom stereocenters. The zero-order valence-electron chi connectivity index (χ0n) is 19.4. The summed E-state index contributed by atoms with van der Waals surface area (Å²) in [5.41, 5.74) is -0.869. The molecule has 0 aliphatic carbocycles. The third-order valence-corrected chi connectivity index (χ3v) is 6.27. The standard InChI is InChI=1S/C24H22F3N3O6/c1-3-15-17(22(34)36-23(35)24(25,26)27)18(21(32)33)20(31)28-19(15)12-5-6-16-13(9-12)10-14(29(16)2)11-30-7-4-8-30/h5-6,9-10H,3-4,7-8,11H2,1-2H3,(H,28,31)(H,32,33). The minimum atomic E-state index is -5.48. The average molecular weight is 505 g/mol.